The van der Waals surface area contributed by atoms with Gasteiger partial charge in [0.15, 0.2) is 5.75 Å². The number of nitro groups is 1. The van der Waals surface area contributed by atoms with Gasteiger partial charge >= 0.3 is 5.69 Å². The summed E-state index contributed by atoms with van der Waals surface area (Å²) in [6, 6.07) is 5.01. The molecule has 2 N–H and O–H groups in total. The van der Waals surface area contributed by atoms with Gasteiger partial charge in [0.2, 0.25) is 0 Å². The lowest BCUT2D eigenvalue weighted by Gasteiger charge is -2.20. The Hall–Kier alpha value is -1.62. The molecule has 106 valence electrons. The highest BCUT2D eigenvalue weighted by atomic mass is 16.6. The van der Waals surface area contributed by atoms with E-state index in [0.29, 0.717) is 5.75 Å². The molecule has 0 bridgehead atoms. The van der Waals surface area contributed by atoms with E-state index in [2.05, 4.69) is 6.92 Å². The van der Waals surface area contributed by atoms with E-state index in [1.165, 1.54) is 6.07 Å². The molecule has 1 aromatic rings. The van der Waals surface area contributed by atoms with Gasteiger partial charge in [-0.25, -0.2) is 0 Å². The SMILES string of the molecule is CCC(c1ccc([N+](=O)[O-])c(OC(C)C)c1)C(C)N. The lowest BCUT2D eigenvalue weighted by Crippen LogP contribution is -2.24. The van der Waals surface area contributed by atoms with E-state index in [9.17, 15) is 10.1 Å². The van der Waals surface area contributed by atoms with Gasteiger partial charge in [0.1, 0.15) is 0 Å². The van der Waals surface area contributed by atoms with Gasteiger partial charge in [-0.05, 0) is 44.7 Å². The van der Waals surface area contributed by atoms with Crippen LogP contribution in [0.25, 0.3) is 0 Å². The largest absolute Gasteiger partial charge is 0.484 e. The topological polar surface area (TPSA) is 78.4 Å². The number of nitrogens with zero attached hydrogens (tertiary/aromatic N) is 1. The lowest BCUT2D eigenvalue weighted by atomic mass is 9.90. The van der Waals surface area contributed by atoms with Crippen molar-refractivity contribution in [2.45, 2.75) is 52.2 Å². The van der Waals surface area contributed by atoms with Crippen LogP contribution in [0.3, 0.4) is 0 Å². The first-order chi connectivity index (χ1) is 8.86. The summed E-state index contributed by atoms with van der Waals surface area (Å²) in [5.41, 5.74) is 6.94. The van der Waals surface area contributed by atoms with Crippen LogP contribution in [0, 0.1) is 10.1 Å². The maximum Gasteiger partial charge on any atom is 0.310 e. The van der Waals surface area contributed by atoms with Crippen molar-refractivity contribution in [2.24, 2.45) is 5.73 Å². The quantitative estimate of drug-likeness (QED) is 0.633. The number of ether oxygens (including phenoxy) is 1. The van der Waals surface area contributed by atoms with Crippen molar-refractivity contribution in [3.05, 3.63) is 33.9 Å². The van der Waals surface area contributed by atoms with Crippen LogP contribution >= 0.6 is 0 Å². The first-order valence-corrected chi connectivity index (χ1v) is 6.57. The van der Waals surface area contributed by atoms with Crippen LogP contribution in [-0.4, -0.2) is 17.1 Å². The van der Waals surface area contributed by atoms with E-state index in [1.54, 1.807) is 12.1 Å². The Kier molecular flexibility index (Phi) is 5.30. The molecule has 0 aliphatic heterocycles. The van der Waals surface area contributed by atoms with Gasteiger partial charge in [0, 0.05) is 12.1 Å². The van der Waals surface area contributed by atoms with Gasteiger partial charge in [-0.1, -0.05) is 13.0 Å². The van der Waals surface area contributed by atoms with E-state index in [1.807, 2.05) is 20.8 Å². The first-order valence-electron chi connectivity index (χ1n) is 6.57. The summed E-state index contributed by atoms with van der Waals surface area (Å²) >= 11 is 0. The molecule has 5 nitrogen and oxygen atoms in total. The molecule has 0 aliphatic rings. The Bertz CT molecular complexity index is 444. The van der Waals surface area contributed by atoms with Gasteiger partial charge < -0.3 is 10.5 Å². The summed E-state index contributed by atoms with van der Waals surface area (Å²) in [6.45, 7) is 7.69. The van der Waals surface area contributed by atoms with Crippen molar-refractivity contribution in [3.63, 3.8) is 0 Å². The molecule has 1 rings (SSSR count). The molecular formula is C14H22N2O3. The van der Waals surface area contributed by atoms with Crippen molar-refractivity contribution < 1.29 is 9.66 Å². The Labute approximate surface area is 113 Å². The predicted molar refractivity (Wildman–Crippen MR) is 75.5 cm³/mol. The minimum absolute atomic E-state index is 0.00152. The highest BCUT2D eigenvalue weighted by molar-refractivity contribution is 5.49. The van der Waals surface area contributed by atoms with E-state index in [0.717, 1.165) is 12.0 Å². The zero-order valence-electron chi connectivity index (χ0n) is 11.9. The van der Waals surface area contributed by atoms with Gasteiger partial charge in [-0.2, -0.15) is 0 Å². The maximum atomic E-state index is 11.0. The molecule has 0 saturated carbocycles. The molecule has 19 heavy (non-hydrogen) atoms. The Balaban J connectivity index is 3.20. The first kappa shape index (κ1) is 15.4. The van der Waals surface area contributed by atoms with Gasteiger partial charge in [0.25, 0.3) is 0 Å². The molecule has 5 heteroatoms. The molecule has 0 heterocycles. The molecular weight excluding hydrogens is 244 g/mol. The average Bonchev–Trinajstić information content (AvgIpc) is 2.28. The Morgan fingerprint density at radius 3 is 2.42 bits per heavy atom. The second-order valence-electron chi connectivity index (χ2n) is 5.02. The molecule has 1 aromatic carbocycles. The third-order valence-corrected chi connectivity index (χ3v) is 3.05. The van der Waals surface area contributed by atoms with Gasteiger partial charge in [-0.3, -0.25) is 10.1 Å². The van der Waals surface area contributed by atoms with Crippen LogP contribution < -0.4 is 10.5 Å². The zero-order chi connectivity index (χ0) is 14.6. The van der Waals surface area contributed by atoms with Crippen molar-refractivity contribution in [1.29, 1.82) is 0 Å². The number of hydrogen-bond acceptors (Lipinski definition) is 4. The summed E-state index contributed by atoms with van der Waals surface area (Å²) in [6.07, 6.45) is 0.778. The number of nitro benzene ring substituents is 1. The monoisotopic (exact) mass is 266 g/mol. The smallest absolute Gasteiger partial charge is 0.310 e. The lowest BCUT2D eigenvalue weighted by molar-refractivity contribution is -0.386. The Morgan fingerprint density at radius 2 is 2.00 bits per heavy atom. The molecule has 2 unspecified atom stereocenters. The third kappa shape index (κ3) is 3.92. The van der Waals surface area contributed by atoms with Gasteiger partial charge in [-0.15, -0.1) is 0 Å². The van der Waals surface area contributed by atoms with Crippen molar-refractivity contribution >= 4 is 5.69 Å². The zero-order valence-corrected chi connectivity index (χ0v) is 11.9. The van der Waals surface area contributed by atoms with E-state index in [-0.39, 0.29) is 23.8 Å². The van der Waals surface area contributed by atoms with Crippen LogP contribution in [0.4, 0.5) is 5.69 Å². The van der Waals surface area contributed by atoms with Crippen LogP contribution in [0.2, 0.25) is 0 Å². The van der Waals surface area contributed by atoms with Crippen LogP contribution in [0.15, 0.2) is 18.2 Å². The molecule has 0 aromatic heterocycles. The fraction of sp³-hybridized carbons (Fsp3) is 0.571. The molecule has 0 aliphatic carbocycles. The molecule has 0 radical (unpaired) electrons. The Morgan fingerprint density at radius 1 is 1.37 bits per heavy atom. The van der Waals surface area contributed by atoms with Crippen molar-refractivity contribution in [3.8, 4) is 5.75 Å². The molecule has 0 amide bonds. The highest BCUT2D eigenvalue weighted by Gasteiger charge is 2.21. The van der Waals surface area contributed by atoms with Crippen LogP contribution in [-0.2, 0) is 0 Å². The van der Waals surface area contributed by atoms with Gasteiger partial charge in [0.05, 0.1) is 11.0 Å². The molecule has 0 fully saturated rings. The second kappa shape index (κ2) is 6.52. The van der Waals surface area contributed by atoms with E-state index >= 15 is 0 Å². The summed E-state index contributed by atoms with van der Waals surface area (Å²) < 4.78 is 5.54. The number of nitrogens with two attached hydrogens (primary N) is 1. The number of rotatable bonds is 6. The van der Waals surface area contributed by atoms with E-state index < -0.39 is 4.92 Å². The van der Waals surface area contributed by atoms with Crippen molar-refractivity contribution in [2.75, 3.05) is 0 Å². The maximum absolute atomic E-state index is 11.0. The summed E-state index contributed by atoms with van der Waals surface area (Å²) in [4.78, 5) is 10.6. The minimum Gasteiger partial charge on any atom is -0.484 e. The fourth-order valence-corrected chi connectivity index (χ4v) is 2.17. The number of benzene rings is 1. The third-order valence-electron chi connectivity index (χ3n) is 3.05. The van der Waals surface area contributed by atoms with Crippen molar-refractivity contribution in [1.82, 2.24) is 0 Å². The standard InChI is InChI=1S/C14H22N2O3/c1-5-12(10(4)15)11-6-7-13(16(17)18)14(8-11)19-9(2)3/h6-10,12H,5,15H2,1-4H3. The molecule has 0 saturated heterocycles. The van der Waals surface area contributed by atoms with Crippen LogP contribution in [0.1, 0.15) is 45.6 Å². The summed E-state index contributed by atoms with van der Waals surface area (Å²) in [7, 11) is 0. The minimum atomic E-state index is -0.422. The van der Waals surface area contributed by atoms with Crippen LogP contribution in [0.5, 0.6) is 5.75 Å². The predicted octanol–water partition coefficient (Wildman–Crippen LogP) is 3.22. The normalized spacial score (nSPS) is 14.2. The highest BCUT2D eigenvalue weighted by Crippen LogP contribution is 2.33. The second-order valence-corrected chi connectivity index (χ2v) is 5.02. The molecule has 2 atom stereocenters. The summed E-state index contributed by atoms with van der Waals surface area (Å²) in [5.74, 6) is 0.493. The number of hydrogen-bond donors (Lipinski definition) is 1. The fourth-order valence-electron chi connectivity index (χ4n) is 2.17. The average molecular weight is 266 g/mol. The molecule has 0 spiro atoms. The summed E-state index contributed by atoms with van der Waals surface area (Å²) in [5, 5.41) is 11.0. The van der Waals surface area contributed by atoms with E-state index in [4.69, 9.17) is 10.5 Å².